The molecule has 8 nitrogen and oxygen atoms in total. The van der Waals surface area contributed by atoms with Crippen molar-refractivity contribution in [2.24, 2.45) is 11.7 Å². The van der Waals surface area contributed by atoms with Gasteiger partial charge in [-0.1, -0.05) is 50.3 Å². The number of amides is 2. The number of anilines is 1. The molecular weight excluding hydrogens is 476 g/mol. The second-order valence-electron chi connectivity index (χ2n) is 11.7. The smallest absolute Gasteiger partial charge is 0.245 e. The van der Waals surface area contributed by atoms with Crippen LogP contribution in [0.15, 0.2) is 24.3 Å². The second kappa shape index (κ2) is 10.3. The SMILES string of the molecule is CC(C)(N)C(=O)N[C@H](CCC1CCCCC1)C(=O)N1CCC2(CC1)CN(S(C)(=O)=O)c1ccccc12. The second-order valence-corrected chi connectivity index (χ2v) is 13.6. The summed E-state index contributed by atoms with van der Waals surface area (Å²) in [5.41, 5.74) is 6.48. The van der Waals surface area contributed by atoms with Crippen molar-refractivity contribution in [3.05, 3.63) is 29.8 Å². The highest BCUT2D eigenvalue weighted by Gasteiger charge is 2.48. The predicted molar refractivity (Wildman–Crippen MR) is 142 cm³/mol. The van der Waals surface area contributed by atoms with Crippen molar-refractivity contribution in [2.45, 2.75) is 88.6 Å². The minimum Gasteiger partial charge on any atom is -0.343 e. The normalized spacial score (nSPS) is 21.3. The number of sulfonamides is 1. The van der Waals surface area contributed by atoms with E-state index in [9.17, 15) is 18.0 Å². The van der Waals surface area contributed by atoms with Gasteiger partial charge in [-0.15, -0.1) is 0 Å². The maximum Gasteiger partial charge on any atom is 0.245 e. The zero-order chi connectivity index (χ0) is 26.1. The molecule has 2 amide bonds. The summed E-state index contributed by atoms with van der Waals surface area (Å²) in [7, 11) is -3.39. The summed E-state index contributed by atoms with van der Waals surface area (Å²) in [5, 5.41) is 2.95. The van der Waals surface area contributed by atoms with Crippen molar-refractivity contribution in [1.82, 2.24) is 10.2 Å². The van der Waals surface area contributed by atoms with E-state index in [1.165, 1.54) is 42.7 Å². The molecule has 3 N–H and O–H groups in total. The molecule has 0 unspecified atom stereocenters. The Kier molecular flexibility index (Phi) is 7.72. The number of nitrogens with one attached hydrogen (secondary N) is 1. The number of likely N-dealkylation sites (tertiary alicyclic amines) is 1. The summed E-state index contributed by atoms with van der Waals surface area (Å²) in [6, 6.07) is 7.13. The summed E-state index contributed by atoms with van der Waals surface area (Å²) in [6.07, 6.45) is 10.3. The molecule has 1 saturated heterocycles. The molecule has 1 aromatic carbocycles. The fraction of sp³-hybridized carbons (Fsp3) is 0.704. The molecule has 36 heavy (non-hydrogen) atoms. The third-order valence-electron chi connectivity index (χ3n) is 8.40. The molecule has 9 heteroatoms. The highest BCUT2D eigenvalue weighted by Crippen LogP contribution is 2.47. The first kappa shape index (κ1) is 26.9. The highest BCUT2D eigenvalue weighted by atomic mass is 32.2. The van der Waals surface area contributed by atoms with Crippen molar-refractivity contribution in [3.63, 3.8) is 0 Å². The molecule has 0 radical (unpaired) electrons. The van der Waals surface area contributed by atoms with Crippen molar-refractivity contribution < 1.29 is 18.0 Å². The zero-order valence-electron chi connectivity index (χ0n) is 22.0. The third-order valence-corrected chi connectivity index (χ3v) is 9.53. The van der Waals surface area contributed by atoms with Gasteiger partial charge < -0.3 is 16.0 Å². The van der Waals surface area contributed by atoms with Crippen LogP contribution >= 0.6 is 0 Å². The van der Waals surface area contributed by atoms with E-state index in [1.807, 2.05) is 29.2 Å². The lowest BCUT2D eigenvalue weighted by Gasteiger charge is -2.41. The van der Waals surface area contributed by atoms with Crippen LogP contribution in [0.4, 0.5) is 5.69 Å². The molecule has 1 saturated carbocycles. The summed E-state index contributed by atoms with van der Waals surface area (Å²) in [6.45, 7) is 4.79. The molecule has 1 aliphatic carbocycles. The van der Waals surface area contributed by atoms with Gasteiger partial charge in [0, 0.05) is 25.0 Å². The van der Waals surface area contributed by atoms with Gasteiger partial charge in [-0.25, -0.2) is 8.42 Å². The molecule has 0 aromatic heterocycles. The number of carbonyl (C=O) groups excluding carboxylic acids is 2. The molecule has 2 heterocycles. The van der Waals surface area contributed by atoms with E-state index in [1.54, 1.807) is 13.8 Å². The van der Waals surface area contributed by atoms with Gasteiger partial charge >= 0.3 is 0 Å². The molecule has 4 rings (SSSR count). The van der Waals surface area contributed by atoms with E-state index < -0.39 is 21.6 Å². The number of fused-ring (bicyclic) bond motifs is 2. The average Bonchev–Trinajstić information content (AvgIpc) is 3.16. The Morgan fingerprint density at radius 3 is 2.39 bits per heavy atom. The fourth-order valence-electron chi connectivity index (χ4n) is 6.16. The largest absolute Gasteiger partial charge is 0.343 e. The van der Waals surface area contributed by atoms with Gasteiger partial charge in [0.25, 0.3) is 0 Å². The van der Waals surface area contributed by atoms with Gasteiger partial charge in [-0.2, -0.15) is 0 Å². The van der Waals surface area contributed by atoms with E-state index in [-0.39, 0.29) is 17.2 Å². The number of nitrogens with zero attached hydrogens (tertiary/aromatic N) is 2. The van der Waals surface area contributed by atoms with Crippen LogP contribution in [0.1, 0.15) is 77.2 Å². The minimum atomic E-state index is -3.39. The Labute approximate surface area is 216 Å². The van der Waals surface area contributed by atoms with E-state index in [0.29, 0.717) is 44.8 Å². The van der Waals surface area contributed by atoms with Gasteiger partial charge in [0.2, 0.25) is 21.8 Å². The van der Waals surface area contributed by atoms with Crippen molar-refractivity contribution >= 4 is 27.5 Å². The van der Waals surface area contributed by atoms with Gasteiger partial charge in [0.1, 0.15) is 6.04 Å². The predicted octanol–water partition coefficient (Wildman–Crippen LogP) is 2.91. The number of hydrogen-bond acceptors (Lipinski definition) is 5. The van der Waals surface area contributed by atoms with Crippen molar-refractivity contribution in [2.75, 3.05) is 30.2 Å². The number of carbonyl (C=O) groups is 2. The van der Waals surface area contributed by atoms with Crippen LogP contribution in [0.2, 0.25) is 0 Å². The maximum atomic E-state index is 13.7. The van der Waals surface area contributed by atoms with Crippen LogP contribution in [0.5, 0.6) is 0 Å². The van der Waals surface area contributed by atoms with Crippen LogP contribution in [0.3, 0.4) is 0 Å². The van der Waals surface area contributed by atoms with Crippen molar-refractivity contribution in [1.29, 1.82) is 0 Å². The number of rotatable bonds is 7. The average molecular weight is 519 g/mol. The Balaban J connectivity index is 1.46. The Bertz CT molecular complexity index is 1070. The van der Waals surface area contributed by atoms with Gasteiger partial charge in [0.15, 0.2) is 0 Å². The van der Waals surface area contributed by atoms with Crippen LogP contribution in [0.25, 0.3) is 0 Å². The number of hydrogen-bond donors (Lipinski definition) is 2. The highest BCUT2D eigenvalue weighted by molar-refractivity contribution is 7.92. The summed E-state index contributed by atoms with van der Waals surface area (Å²) in [5.74, 6) is 0.245. The topological polar surface area (TPSA) is 113 Å². The Hall–Kier alpha value is -2.13. The molecule has 2 fully saturated rings. The molecule has 1 atom stereocenters. The van der Waals surface area contributed by atoms with Crippen molar-refractivity contribution in [3.8, 4) is 0 Å². The first-order chi connectivity index (χ1) is 16.9. The standard InChI is InChI=1S/C27H42N4O4S/c1-26(2,28)25(33)29-22(14-13-20-9-5-4-6-10-20)24(32)30-17-15-27(16-18-30)19-31(36(3,34)35)23-12-8-7-11-21(23)27/h7-8,11-12,20,22H,4-6,9-10,13-19,28H2,1-3H3,(H,29,33)/t22-/m1/s1. The van der Waals surface area contributed by atoms with E-state index in [4.69, 9.17) is 5.73 Å². The zero-order valence-corrected chi connectivity index (χ0v) is 22.8. The molecule has 1 spiro atoms. The lowest BCUT2D eigenvalue weighted by molar-refractivity contribution is -0.139. The number of para-hydroxylation sites is 1. The quantitative estimate of drug-likeness (QED) is 0.576. The van der Waals surface area contributed by atoms with Crippen LogP contribution < -0.4 is 15.4 Å². The molecular formula is C27H42N4O4S. The Morgan fingerprint density at radius 2 is 1.78 bits per heavy atom. The van der Waals surface area contributed by atoms with Crippen LogP contribution in [-0.2, 0) is 25.0 Å². The first-order valence-electron chi connectivity index (χ1n) is 13.4. The molecule has 0 bridgehead atoms. The first-order valence-corrected chi connectivity index (χ1v) is 15.2. The summed E-state index contributed by atoms with van der Waals surface area (Å²) < 4.78 is 26.5. The monoisotopic (exact) mass is 518 g/mol. The third kappa shape index (κ3) is 5.72. The van der Waals surface area contributed by atoms with Gasteiger partial charge in [0.05, 0.1) is 17.5 Å². The van der Waals surface area contributed by atoms with E-state index in [2.05, 4.69) is 5.32 Å². The number of nitrogens with two attached hydrogens (primary N) is 1. The maximum absolute atomic E-state index is 13.7. The summed E-state index contributed by atoms with van der Waals surface area (Å²) in [4.78, 5) is 28.2. The lowest BCUT2D eigenvalue weighted by Crippen LogP contribution is -2.58. The number of benzene rings is 1. The van der Waals surface area contributed by atoms with Crippen LogP contribution in [-0.4, -0.2) is 62.6 Å². The van der Waals surface area contributed by atoms with E-state index in [0.717, 1.165) is 17.7 Å². The fourth-order valence-corrected chi connectivity index (χ4v) is 7.16. The molecule has 2 aliphatic heterocycles. The van der Waals surface area contributed by atoms with Gasteiger partial charge in [-0.05, 0) is 57.1 Å². The lowest BCUT2D eigenvalue weighted by atomic mass is 9.74. The van der Waals surface area contributed by atoms with E-state index >= 15 is 0 Å². The molecule has 1 aromatic rings. The Morgan fingerprint density at radius 1 is 1.14 bits per heavy atom. The molecule has 3 aliphatic rings. The van der Waals surface area contributed by atoms with Gasteiger partial charge in [-0.3, -0.25) is 13.9 Å². The summed E-state index contributed by atoms with van der Waals surface area (Å²) >= 11 is 0. The number of piperidine rings is 1. The minimum absolute atomic E-state index is 0.0514. The van der Waals surface area contributed by atoms with Crippen LogP contribution in [0, 0.1) is 5.92 Å². The molecule has 200 valence electrons.